The molecule has 1 aliphatic carbocycles. The minimum absolute atomic E-state index is 0.106. The molecule has 0 spiro atoms. The van der Waals surface area contributed by atoms with Gasteiger partial charge in [-0.15, -0.1) is 0 Å². The van der Waals surface area contributed by atoms with Crippen molar-refractivity contribution in [2.24, 2.45) is 4.99 Å². The van der Waals surface area contributed by atoms with E-state index in [-0.39, 0.29) is 18.3 Å². The van der Waals surface area contributed by atoms with Crippen LogP contribution < -0.4 is 9.47 Å². The molecule has 0 aromatic heterocycles. The second-order valence-electron chi connectivity index (χ2n) is 6.39. The number of nitrogens with zero attached hydrogens (tertiary/aromatic N) is 2. The van der Waals surface area contributed by atoms with Gasteiger partial charge >= 0.3 is 0 Å². The third-order valence-electron chi connectivity index (χ3n) is 4.76. The van der Waals surface area contributed by atoms with Gasteiger partial charge in [0.1, 0.15) is 0 Å². The first-order chi connectivity index (χ1) is 13.6. The zero-order valence-electron chi connectivity index (χ0n) is 14.4. The number of ether oxygens (including phenoxy) is 2. The molecule has 1 heterocycles. The van der Waals surface area contributed by atoms with Gasteiger partial charge in [0, 0.05) is 35.0 Å². The fraction of sp³-hybridized carbons (Fsp3) is 0.0476. The molecule has 2 aliphatic rings. The van der Waals surface area contributed by atoms with E-state index in [1.54, 1.807) is 24.4 Å². The van der Waals surface area contributed by atoms with Gasteiger partial charge in [0.2, 0.25) is 6.79 Å². The molecule has 5 rings (SSSR count). The van der Waals surface area contributed by atoms with Crippen molar-refractivity contribution in [2.75, 3.05) is 6.79 Å². The van der Waals surface area contributed by atoms with Crippen LogP contribution in [0, 0.1) is 10.1 Å². The monoisotopic (exact) mass is 372 g/mol. The van der Waals surface area contributed by atoms with Gasteiger partial charge in [0.15, 0.2) is 17.3 Å². The number of non-ortho nitro benzene ring substituents is 1. The van der Waals surface area contributed by atoms with Crippen LogP contribution in [0.3, 0.4) is 0 Å². The van der Waals surface area contributed by atoms with Crippen LogP contribution in [0.2, 0.25) is 0 Å². The predicted molar refractivity (Wildman–Crippen MR) is 102 cm³/mol. The van der Waals surface area contributed by atoms with E-state index in [9.17, 15) is 14.9 Å². The summed E-state index contributed by atoms with van der Waals surface area (Å²) >= 11 is 0. The van der Waals surface area contributed by atoms with Crippen LogP contribution in [0.4, 0.5) is 11.4 Å². The van der Waals surface area contributed by atoms with Crippen molar-refractivity contribution in [2.45, 2.75) is 0 Å². The number of benzene rings is 3. The van der Waals surface area contributed by atoms with E-state index in [1.807, 2.05) is 24.3 Å². The lowest BCUT2D eigenvalue weighted by atomic mass is 10.0. The molecule has 0 atom stereocenters. The minimum atomic E-state index is -0.505. The van der Waals surface area contributed by atoms with Gasteiger partial charge in [-0.25, -0.2) is 0 Å². The van der Waals surface area contributed by atoms with Crippen LogP contribution in [0.25, 0.3) is 11.1 Å². The van der Waals surface area contributed by atoms with Gasteiger partial charge < -0.3 is 9.47 Å². The molecule has 136 valence electrons. The molecule has 3 aromatic carbocycles. The number of fused-ring (bicyclic) bond motifs is 4. The van der Waals surface area contributed by atoms with E-state index in [1.165, 1.54) is 12.1 Å². The minimum Gasteiger partial charge on any atom is -0.454 e. The topological polar surface area (TPSA) is 91.0 Å². The first kappa shape index (κ1) is 16.2. The summed E-state index contributed by atoms with van der Waals surface area (Å²) < 4.78 is 10.7. The Kier molecular flexibility index (Phi) is 3.48. The Hall–Kier alpha value is -4.00. The maximum Gasteiger partial charge on any atom is 0.270 e. The van der Waals surface area contributed by atoms with Crippen molar-refractivity contribution < 1.29 is 19.2 Å². The average Bonchev–Trinajstić information content (AvgIpc) is 3.29. The van der Waals surface area contributed by atoms with E-state index >= 15 is 0 Å². The van der Waals surface area contributed by atoms with Gasteiger partial charge in [-0.2, -0.15) is 0 Å². The molecule has 7 heteroatoms. The normalized spacial score (nSPS) is 13.6. The molecule has 28 heavy (non-hydrogen) atoms. The summed E-state index contributed by atoms with van der Waals surface area (Å²) in [5, 5.41) is 11.0. The smallest absolute Gasteiger partial charge is 0.270 e. The van der Waals surface area contributed by atoms with Crippen LogP contribution in [-0.4, -0.2) is 23.7 Å². The first-order valence-corrected chi connectivity index (χ1v) is 8.52. The number of nitro benzene ring substituents is 1. The van der Waals surface area contributed by atoms with Gasteiger partial charge in [0.05, 0.1) is 10.6 Å². The van der Waals surface area contributed by atoms with Crippen molar-refractivity contribution in [1.82, 2.24) is 0 Å². The number of ketones is 1. The molecule has 0 radical (unpaired) electrons. The molecule has 0 N–H and O–H groups in total. The lowest BCUT2D eigenvalue weighted by molar-refractivity contribution is -0.384. The van der Waals surface area contributed by atoms with Crippen molar-refractivity contribution >= 4 is 23.4 Å². The number of aliphatic imine (C=N–C) groups is 1. The average molecular weight is 372 g/mol. The van der Waals surface area contributed by atoms with E-state index in [4.69, 9.17) is 9.47 Å². The highest BCUT2D eigenvalue weighted by molar-refractivity contribution is 6.23. The molecule has 0 saturated carbocycles. The number of hydrogen-bond donors (Lipinski definition) is 0. The van der Waals surface area contributed by atoms with Crippen LogP contribution in [0.1, 0.15) is 21.5 Å². The Morgan fingerprint density at radius 2 is 1.82 bits per heavy atom. The molecule has 7 nitrogen and oxygen atoms in total. The molecule has 3 aromatic rings. The second-order valence-corrected chi connectivity index (χ2v) is 6.39. The maximum absolute atomic E-state index is 12.7. The Labute approximate surface area is 159 Å². The summed E-state index contributed by atoms with van der Waals surface area (Å²) in [6.07, 6.45) is 1.69. The molecular weight excluding hydrogens is 360 g/mol. The van der Waals surface area contributed by atoms with Crippen LogP contribution in [-0.2, 0) is 0 Å². The summed E-state index contributed by atoms with van der Waals surface area (Å²) in [5.74, 6) is 1.13. The van der Waals surface area contributed by atoms with E-state index in [2.05, 4.69) is 4.99 Å². The highest BCUT2D eigenvalue weighted by atomic mass is 16.7. The quantitative estimate of drug-likeness (QED) is 0.304. The fourth-order valence-corrected chi connectivity index (χ4v) is 3.45. The van der Waals surface area contributed by atoms with Crippen LogP contribution in [0.5, 0.6) is 11.5 Å². The van der Waals surface area contributed by atoms with Gasteiger partial charge in [-0.3, -0.25) is 19.9 Å². The standard InChI is InChI=1S/C21H12N2O5/c24-21-15-2-1-3-17(20(15)14-6-5-13(23(25)26)9-16(14)21)22-10-12-4-7-18-19(8-12)28-11-27-18/h1-10H,11H2. The number of carbonyl (C=O) groups excluding carboxylic acids is 1. The van der Waals surface area contributed by atoms with Crippen LogP contribution in [0.15, 0.2) is 59.6 Å². The van der Waals surface area contributed by atoms with Gasteiger partial charge in [-0.05, 0) is 41.5 Å². The lowest BCUT2D eigenvalue weighted by Crippen LogP contribution is -1.96. The largest absolute Gasteiger partial charge is 0.454 e. The Bertz CT molecular complexity index is 1200. The Balaban J connectivity index is 1.57. The zero-order valence-corrected chi connectivity index (χ0v) is 14.4. The van der Waals surface area contributed by atoms with Crippen molar-refractivity contribution in [1.29, 1.82) is 0 Å². The molecule has 0 amide bonds. The third kappa shape index (κ3) is 2.44. The molecule has 1 aliphatic heterocycles. The van der Waals surface area contributed by atoms with Crippen molar-refractivity contribution in [3.63, 3.8) is 0 Å². The van der Waals surface area contributed by atoms with Crippen molar-refractivity contribution in [3.8, 4) is 22.6 Å². The summed E-state index contributed by atoms with van der Waals surface area (Å²) in [7, 11) is 0. The van der Waals surface area contributed by atoms with Gasteiger partial charge in [-0.1, -0.05) is 12.1 Å². The maximum atomic E-state index is 12.7. The predicted octanol–water partition coefficient (Wildman–Crippen LogP) is 4.29. The molecular formula is C21H12N2O5. The molecule has 0 saturated heterocycles. The second kappa shape index (κ2) is 6.02. The zero-order chi connectivity index (χ0) is 19.3. The third-order valence-corrected chi connectivity index (χ3v) is 4.76. The Morgan fingerprint density at radius 1 is 0.964 bits per heavy atom. The summed E-state index contributed by atoms with van der Waals surface area (Å²) in [6.45, 7) is 0.202. The number of carbonyl (C=O) groups is 1. The Morgan fingerprint density at radius 3 is 2.68 bits per heavy atom. The molecule has 0 fully saturated rings. The summed E-state index contributed by atoms with van der Waals surface area (Å²) in [6, 6.07) is 15.1. The van der Waals surface area contributed by atoms with Crippen LogP contribution >= 0.6 is 0 Å². The summed E-state index contributed by atoms with van der Waals surface area (Å²) in [5.41, 5.74) is 3.51. The van der Waals surface area contributed by atoms with Crippen molar-refractivity contribution in [3.05, 3.63) is 81.4 Å². The van der Waals surface area contributed by atoms with Gasteiger partial charge in [0.25, 0.3) is 5.69 Å². The SMILES string of the molecule is O=C1c2cc([N+](=O)[O-])ccc2-c2c(N=Cc3ccc4c(c3)OCO4)cccc21. The lowest BCUT2D eigenvalue weighted by Gasteiger charge is -2.04. The van der Waals surface area contributed by atoms with E-state index in [0.29, 0.717) is 39.4 Å². The molecule has 0 unspecified atom stereocenters. The highest BCUT2D eigenvalue weighted by Gasteiger charge is 2.30. The van der Waals surface area contributed by atoms with E-state index < -0.39 is 4.92 Å². The number of hydrogen-bond acceptors (Lipinski definition) is 6. The number of nitro groups is 1. The first-order valence-electron chi connectivity index (χ1n) is 8.52. The highest BCUT2D eigenvalue weighted by Crippen LogP contribution is 2.43. The number of rotatable bonds is 3. The summed E-state index contributed by atoms with van der Waals surface area (Å²) in [4.78, 5) is 27.8. The van der Waals surface area contributed by atoms with E-state index in [0.717, 1.165) is 5.56 Å². The fourth-order valence-electron chi connectivity index (χ4n) is 3.45. The molecule has 0 bridgehead atoms.